The Morgan fingerprint density at radius 2 is 1.95 bits per heavy atom. The minimum atomic E-state index is -2.33. The molecular weight excluding hydrogens is 276 g/mol. The van der Waals surface area contributed by atoms with Crippen molar-refractivity contribution < 1.29 is 18.8 Å². The van der Waals surface area contributed by atoms with E-state index in [0.717, 1.165) is 32.1 Å². The molecule has 0 unspecified atom stereocenters. The number of carbonyl (C=O) groups excluding carboxylic acids is 1. The smallest absolute Gasteiger partial charge is 0.306 e. The Morgan fingerprint density at radius 1 is 1.18 bits per heavy atom. The first kappa shape index (κ1) is 11.9. The van der Waals surface area contributed by atoms with Gasteiger partial charge in [-0.05, 0) is 74.5 Å². The number of carbonyl (C=O) groups is 1. The average molecular weight is 309 g/mol. The maximum atomic E-state index is 11.7. The lowest BCUT2D eigenvalue weighted by Gasteiger charge is -2.60. The van der Waals surface area contributed by atoms with Crippen molar-refractivity contribution in [3.8, 4) is 0 Å². The van der Waals surface area contributed by atoms with Crippen molar-refractivity contribution in [2.24, 2.45) is 34.5 Å². The highest BCUT2D eigenvalue weighted by molar-refractivity contribution is 5.70. The molecular formula is C19H30O3. The van der Waals surface area contributed by atoms with Gasteiger partial charge >= 0.3 is 5.97 Å². The normalized spacial score (nSPS) is 60.1. The summed E-state index contributed by atoms with van der Waals surface area (Å²) in [7, 11) is 0. The Balaban J connectivity index is 1.66. The van der Waals surface area contributed by atoms with Crippen LogP contribution in [-0.2, 0) is 9.53 Å². The first-order chi connectivity index (χ1) is 11.5. The Hall–Kier alpha value is -0.570. The van der Waals surface area contributed by atoms with Crippen LogP contribution >= 0.6 is 0 Å². The van der Waals surface area contributed by atoms with Gasteiger partial charge in [-0.2, -0.15) is 0 Å². The quantitative estimate of drug-likeness (QED) is 0.696. The number of aliphatic hydroxyl groups is 1. The summed E-state index contributed by atoms with van der Waals surface area (Å²) in [5, 5.41) is 11.2. The molecule has 4 aliphatic rings. The molecule has 0 aromatic rings. The minimum absolute atomic E-state index is 0.0127. The minimum Gasteiger partial charge on any atom is -0.465 e. The van der Waals surface area contributed by atoms with Crippen molar-refractivity contribution >= 4 is 5.97 Å². The molecule has 4 rings (SSSR count). The van der Waals surface area contributed by atoms with Gasteiger partial charge in [-0.3, -0.25) is 4.79 Å². The highest BCUT2D eigenvalue weighted by Gasteiger charge is 2.63. The predicted octanol–water partition coefficient (Wildman–Crippen LogP) is 3.54. The average Bonchev–Trinajstić information content (AvgIpc) is 2.81. The lowest BCUT2D eigenvalue weighted by molar-refractivity contribution is -0.186. The molecule has 3 saturated carbocycles. The van der Waals surface area contributed by atoms with Crippen LogP contribution in [0.25, 0.3) is 0 Å². The van der Waals surface area contributed by atoms with E-state index in [9.17, 15) is 9.90 Å². The summed E-state index contributed by atoms with van der Waals surface area (Å²) in [5.74, 6) is 1.48. The molecule has 4 fully saturated rings. The van der Waals surface area contributed by atoms with Gasteiger partial charge in [0.05, 0.1) is 12.2 Å². The first-order valence-corrected chi connectivity index (χ1v) is 8.91. The Kier molecular flexibility index (Phi) is 2.43. The molecule has 3 nitrogen and oxygen atoms in total. The summed E-state index contributed by atoms with van der Waals surface area (Å²) in [6.45, 7) is 2.46. The third kappa shape index (κ3) is 1.75. The van der Waals surface area contributed by atoms with Crippen LogP contribution in [0.3, 0.4) is 0 Å². The van der Waals surface area contributed by atoms with Crippen molar-refractivity contribution in [2.75, 3.05) is 6.61 Å². The van der Waals surface area contributed by atoms with Crippen molar-refractivity contribution in [3.63, 3.8) is 0 Å². The lowest BCUT2D eigenvalue weighted by atomic mass is 9.46. The second-order valence-corrected chi connectivity index (χ2v) is 8.88. The second-order valence-electron chi connectivity index (χ2n) is 8.88. The molecule has 0 bridgehead atoms. The molecule has 1 heterocycles. The first-order valence-electron chi connectivity index (χ1n) is 10.4. The molecule has 3 heteroatoms. The Bertz CT molecular complexity index is 591. The largest absolute Gasteiger partial charge is 0.465 e. The molecule has 7 atom stereocenters. The van der Waals surface area contributed by atoms with Crippen LogP contribution in [0.15, 0.2) is 0 Å². The van der Waals surface area contributed by atoms with E-state index in [1.165, 1.54) is 0 Å². The third-order valence-electron chi connectivity index (χ3n) is 8.17. The van der Waals surface area contributed by atoms with E-state index >= 15 is 0 Å². The van der Waals surface area contributed by atoms with Gasteiger partial charge in [-0.15, -0.1) is 0 Å². The summed E-state index contributed by atoms with van der Waals surface area (Å²) < 4.78 is 29.3. The highest BCUT2D eigenvalue weighted by atomic mass is 16.5. The molecule has 0 aromatic carbocycles. The maximum Gasteiger partial charge on any atom is 0.306 e. The number of cyclic esters (lactones) is 1. The SMILES string of the molecule is [2H]C([2H])([2H])[C@@]1(O)CC[C@H]2[C@@H]3CC[C@H]4CC(=O)OC[C@]4(C)[C@H]3CC[C@@]21C. The van der Waals surface area contributed by atoms with Crippen LogP contribution in [0.1, 0.15) is 69.8 Å². The molecule has 0 amide bonds. The van der Waals surface area contributed by atoms with Gasteiger partial charge in [-0.25, -0.2) is 0 Å². The standard InChI is InChI=1S/C19H30O3/c1-17-11-22-16(20)10-12(17)4-5-13-14(17)6-8-18(2)15(13)7-9-19(18,3)21/h12-15,21H,4-11H2,1-3H3/t12-,13+,14-,15-,17-,18-,19+/m0/s1/i3D3. The monoisotopic (exact) mass is 309 g/mol. The third-order valence-corrected chi connectivity index (χ3v) is 8.17. The van der Waals surface area contributed by atoms with E-state index in [4.69, 9.17) is 8.85 Å². The maximum absolute atomic E-state index is 11.7. The van der Waals surface area contributed by atoms with Crippen molar-refractivity contribution in [3.05, 3.63) is 0 Å². The molecule has 0 aromatic heterocycles. The van der Waals surface area contributed by atoms with Crippen LogP contribution in [0.4, 0.5) is 0 Å². The zero-order valence-electron chi connectivity index (χ0n) is 16.7. The van der Waals surface area contributed by atoms with Crippen LogP contribution in [0.5, 0.6) is 0 Å². The van der Waals surface area contributed by atoms with Gasteiger partial charge < -0.3 is 9.84 Å². The van der Waals surface area contributed by atoms with Gasteiger partial charge in [-0.1, -0.05) is 13.8 Å². The van der Waals surface area contributed by atoms with Crippen LogP contribution in [-0.4, -0.2) is 23.3 Å². The van der Waals surface area contributed by atoms with Gasteiger partial charge in [0.25, 0.3) is 0 Å². The zero-order valence-corrected chi connectivity index (χ0v) is 13.7. The molecule has 22 heavy (non-hydrogen) atoms. The molecule has 0 spiro atoms. The van der Waals surface area contributed by atoms with E-state index < -0.39 is 17.9 Å². The predicted molar refractivity (Wildman–Crippen MR) is 84.1 cm³/mol. The number of hydrogen-bond donors (Lipinski definition) is 1. The van der Waals surface area contributed by atoms with Crippen LogP contribution in [0, 0.1) is 34.5 Å². The summed E-state index contributed by atoms with van der Waals surface area (Å²) in [6.07, 6.45) is 5.46. The Labute approximate surface area is 138 Å². The van der Waals surface area contributed by atoms with Gasteiger partial charge in [0.15, 0.2) is 0 Å². The molecule has 124 valence electrons. The van der Waals surface area contributed by atoms with Crippen LogP contribution in [0.2, 0.25) is 0 Å². The fraction of sp³-hybridized carbons (Fsp3) is 0.947. The lowest BCUT2D eigenvalue weighted by Crippen LogP contribution is -2.57. The molecule has 3 aliphatic carbocycles. The van der Waals surface area contributed by atoms with E-state index in [1.54, 1.807) is 0 Å². The number of esters is 1. The van der Waals surface area contributed by atoms with Crippen molar-refractivity contribution in [1.82, 2.24) is 0 Å². The van der Waals surface area contributed by atoms with E-state index in [1.807, 2.05) is 6.92 Å². The fourth-order valence-electron chi connectivity index (χ4n) is 6.61. The topological polar surface area (TPSA) is 46.5 Å². The number of rotatable bonds is 0. The number of ether oxygens (including phenoxy) is 1. The summed E-state index contributed by atoms with van der Waals surface area (Å²) in [4.78, 5) is 11.7. The molecule has 1 N–H and O–H groups in total. The Morgan fingerprint density at radius 3 is 2.73 bits per heavy atom. The highest BCUT2D eigenvalue weighted by Crippen LogP contribution is 2.67. The summed E-state index contributed by atoms with van der Waals surface area (Å²) in [5.41, 5.74) is -2.08. The molecule has 1 saturated heterocycles. The van der Waals surface area contributed by atoms with E-state index in [0.29, 0.717) is 37.2 Å². The molecule has 1 aliphatic heterocycles. The molecule has 0 radical (unpaired) electrons. The van der Waals surface area contributed by atoms with Gasteiger partial charge in [0.2, 0.25) is 0 Å². The second kappa shape index (κ2) is 4.49. The van der Waals surface area contributed by atoms with E-state index in [2.05, 4.69) is 6.92 Å². The van der Waals surface area contributed by atoms with Crippen molar-refractivity contribution in [1.29, 1.82) is 0 Å². The number of fused-ring (bicyclic) bond motifs is 5. The van der Waals surface area contributed by atoms with Gasteiger partial charge in [0, 0.05) is 15.9 Å². The van der Waals surface area contributed by atoms with E-state index in [-0.39, 0.29) is 17.3 Å². The fourth-order valence-corrected chi connectivity index (χ4v) is 6.61. The summed E-state index contributed by atoms with van der Waals surface area (Å²) >= 11 is 0. The van der Waals surface area contributed by atoms with Gasteiger partial charge in [0.1, 0.15) is 0 Å². The summed E-state index contributed by atoms with van der Waals surface area (Å²) in [6, 6.07) is 0. The van der Waals surface area contributed by atoms with Crippen LogP contribution < -0.4 is 0 Å². The number of hydrogen-bond acceptors (Lipinski definition) is 3. The van der Waals surface area contributed by atoms with Crippen molar-refractivity contribution in [2.45, 2.75) is 71.2 Å². The zero-order chi connectivity index (χ0) is 18.3.